The van der Waals surface area contributed by atoms with Crippen molar-refractivity contribution in [3.8, 4) is 0 Å². The van der Waals surface area contributed by atoms with Crippen LogP contribution in [0.4, 0.5) is 5.69 Å². The number of imidazole rings is 1. The number of carbonyl (C=O) groups excluding carboxylic acids is 1. The average molecular weight is 602 g/mol. The highest BCUT2D eigenvalue weighted by Gasteiger charge is 2.59. The largest absolute Gasteiger partial charge is 0.335 e. The van der Waals surface area contributed by atoms with Gasteiger partial charge in [0.2, 0.25) is 5.91 Å². The summed E-state index contributed by atoms with van der Waals surface area (Å²) in [6, 6.07) is 3.95. The van der Waals surface area contributed by atoms with Gasteiger partial charge in [0.1, 0.15) is 11.2 Å². The lowest BCUT2D eigenvalue weighted by Gasteiger charge is -2.49. The first-order valence-corrected chi connectivity index (χ1v) is 11.6. The van der Waals surface area contributed by atoms with E-state index in [9.17, 15) is 4.79 Å². The number of fused-ring (bicyclic) bond motifs is 2. The molecule has 5 rings (SSSR count). The average Bonchev–Trinajstić information content (AvgIpc) is 3.17. The number of aromatic nitrogens is 2. The van der Waals surface area contributed by atoms with Crippen LogP contribution in [0.2, 0.25) is 0 Å². The summed E-state index contributed by atoms with van der Waals surface area (Å²) < 4.78 is 2.41. The Morgan fingerprint density at radius 2 is 2.00 bits per heavy atom. The molecule has 2 aromatic rings. The van der Waals surface area contributed by atoms with E-state index in [2.05, 4.69) is 77.7 Å². The topological polar surface area (TPSA) is 61.4 Å². The Labute approximate surface area is 197 Å². The molecule has 0 bridgehead atoms. The van der Waals surface area contributed by atoms with Gasteiger partial charge in [0.25, 0.3) is 0 Å². The Morgan fingerprint density at radius 1 is 1.24 bits per heavy atom. The van der Waals surface area contributed by atoms with Crippen LogP contribution in [0, 0.1) is 0 Å². The molecule has 148 valence electrons. The summed E-state index contributed by atoms with van der Waals surface area (Å²) in [5, 5.41) is 0.402. The molecule has 0 aliphatic carbocycles. The number of β-lactam (4-membered cyclic amide) rings is 1. The van der Waals surface area contributed by atoms with Crippen molar-refractivity contribution < 1.29 is 4.79 Å². The Balaban J connectivity index is 1.81. The molecule has 1 N–H and O–H groups in total. The van der Waals surface area contributed by atoms with Crippen LogP contribution < -0.4 is 0 Å². The van der Waals surface area contributed by atoms with Crippen LogP contribution >= 0.6 is 59.4 Å². The first-order chi connectivity index (χ1) is 13.6. The molecule has 5 nitrogen and oxygen atoms in total. The second-order valence-electron chi connectivity index (χ2n) is 7.86. The van der Waals surface area contributed by atoms with Crippen molar-refractivity contribution in [1.82, 2.24) is 14.9 Å². The number of hydrogen-bond acceptors (Lipinski definition) is 3. The van der Waals surface area contributed by atoms with E-state index in [0.717, 1.165) is 31.6 Å². The van der Waals surface area contributed by atoms with Gasteiger partial charge in [-0.25, -0.2) is 4.98 Å². The summed E-state index contributed by atoms with van der Waals surface area (Å²) in [7, 11) is 0. The maximum atomic E-state index is 12.7. The highest BCUT2D eigenvalue weighted by molar-refractivity contribution is 9.11. The number of nitrogens with one attached hydrogen (secondary N) is 1. The fraction of sp³-hybridized carbons (Fsp3) is 0.250. The number of amides is 1. The summed E-state index contributed by atoms with van der Waals surface area (Å²) in [4.78, 5) is 27.1. The molecule has 4 heterocycles. The van der Waals surface area contributed by atoms with Crippen LogP contribution in [-0.4, -0.2) is 26.5 Å². The number of benzene rings is 1. The lowest BCUT2D eigenvalue weighted by Crippen LogP contribution is -2.61. The number of hydrogen-bond donors (Lipinski definition) is 1. The maximum absolute atomic E-state index is 12.7. The van der Waals surface area contributed by atoms with Gasteiger partial charge in [-0.05, 0) is 34.1 Å². The molecule has 1 spiro atoms. The highest BCUT2D eigenvalue weighted by atomic mass is 79.9. The quantitative estimate of drug-likeness (QED) is 0.361. The molecule has 1 saturated heterocycles. The van der Waals surface area contributed by atoms with Crippen LogP contribution in [0.3, 0.4) is 0 Å². The van der Waals surface area contributed by atoms with Crippen molar-refractivity contribution in [3.63, 3.8) is 0 Å². The monoisotopic (exact) mass is 598 g/mol. The molecule has 0 unspecified atom stereocenters. The molecule has 1 aromatic heterocycles. The second kappa shape index (κ2) is 6.39. The van der Waals surface area contributed by atoms with Crippen molar-refractivity contribution in [1.29, 1.82) is 0 Å². The zero-order chi connectivity index (χ0) is 20.7. The van der Waals surface area contributed by atoms with Crippen molar-refractivity contribution in [2.24, 2.45) is 4.99 Å². The zero-order valence-corrected chi connectivity index (χ0v) is 20.9. The van der Waals surface area contributed by atoms with Crippen molar-refractivity contribution in [3.05, 3.63) is 61.1 Å². The van der Waals surface area contributed by atoms with E-state index in [-0.39, 0.29) is 11.3 Å². The summed E-state index contributed by atoms with van der Waals surface area (Å²) in [6.07, 6.45) is 6.13. The number of H-pyrrole nitrogens is 1. The summed E-state index contributed by atoms with van der Waals surface area (Å²) in [6.45, 7) is 4.18. The first kappa shape index (κ1) is 19.7. The first-order valence-electron chi connectivity index (χ1n) is 8.87. The number of nitrogens with zero attached hydrogens (tertiary/aromatic N) is 3. The lowest BCUT2D eigenvalue weighted by molar-refractivity contribution is -0.145. The van der Waals surface area contributed by atoms with Gasteiger partial charge in [-0.2, -0.15) is 0 Å². The minimum atomic E-state index is -0.677. The van der Waals surface area contributed by atoms with Gasteiger partial charge in [0.15, 0.2) is 4.73 Å². The molecule has 3 aliphatic rings. The van der Waals surface area contributed by atoms with Gasteiger partial charge >= 0.3 is 0 Å². The third-order valence-corrected chi connectivity index (χ3v) is 7.38. The Hall–Kier alpha value is -1.22. The normalized spacial score (nSPS) is 25.2. The smallest absolute Gasteiger partial charge is 0.230 e. The highest BCUT2D eigenvalue weighted by Crippen LogP contribution is 2.55. The predicted octanol–water partition coefficient (Wildman–Crippen LogP) is 6.30. The van der Waals surface area contributed by atoms with E-state index in [0.29, 0.717) is 21.9 Å². The van der Waals surface area contributed by atoms with Crippen molar-refractivity contribution >= 4 is 81.7 Å². The Morgan fingerprint density at radius 3 is 2.72 bits per heavy atom. The van der Waals surface area contributed by atoms with E-state index in [1.165, 1.54) is 0 Å². The molecule has 0 saturated carbocycles. The predicted molar refractivity (Wildman–Crippen MR) is 124 cm³/mol. The minimum Gasteiger partial charge on any atom is -0.335 e. The van der Waals surface area contributed by atoms with Gasteiger partial charge in [0, 0.05) is 26.1 Å². The maximum Gasteiger partial charge on any atom is 0.230 e. The van der Waals surface area contributed by atoms with Crippen LogP contribution in [0.15, 0.2) is 49.2 Å². The number of allylic oxidation sites excluding steroid dienone is 1. The number of aliphatic imine (C=N–C) groups is 1. The molecule has 1 amide bonds. The molecule has 3 aliphatic heterocycles. The van der Waals surface area contributed by atoms with E-state index in [4.69, 9.17) is 16.6 Å². The number of carbonyl (C=O) groups is 1. The van der Waals surface area contributed by atoms with Gasteiger partial charge in [-0.1, -0.05) is 63.4 Å². The summed E-state index contributed by atoms with van der Waals surface area (Å²) in [5.74, 6) is -0.0112. The zero-order valence-electron chi connectivity index (χ0n) is 15.4. The molecule has 1 atom stereocenters. The van der Waals surface area contributed by atoms with E-state index in [1.807, 2.05) is 18.2 Å². The minimum absolute atomic E-state index is 0.0112. The summed E-state index contributed by atoms with van der Waals surface area (Å²) in [5.41, 5.74) is 3.06. The molecule has 9 heteroatoms. The van der Waals surface area contributed by atoms with E-state index < -0.39 is 5.54 Å². The van der Waals surface area contributed by atoms with Gasteiger partial charge < -0.3 is 9.88 Å². The second-order valence-corrected chi connectivity index (χ2v) is 10.8. The number of aromatic amines is 1. The SMILES string of the molecule is CC1(C)/C=C\C2=Nc3cc(Br)cc(Br)c3[C@@]23CC(=O)N3C=C(Cl)c2nc(Br)[nH]c21. The van der Waals surface area contributed by atoms with Crippen LogP contribution in [0.25, 0.3) is 5.03 Å². The van der Waals surface area contributed by atoms with Crippen molar-refractivity contribution in [2.45, 2.75) is 31.2 Å². The standard InChI is InChI=1S/C20H14Br3ClN4O/c1-19(2)4-3-13-20(15-10(22)5-9(21)6-12(15)25-13)7-14(29)28(20)8-11(24)16-17(19)27-18(23)26-16/h3-6,8H,7H2,1-2H3,(H,26,27)/b4-3-,11-8?/t20-/m1/s1. The van der Waals surface area contributed by atoms with E-state index >= 15 is 0 Å². The van der Waals surface area contributed by atoms with Gasteiger partial charge in [-0.3, -0.25) is 9.79 Å². The third-order valence-electron chi connectivity index (χ3n) is 5.65. The molecule has 1 fully saturated rings. The van der Waals surface area contributed by atoms with Gasteiger partial charge in [0.05, 0.1) is 28.5 Å². The fourth-order valence-electron chi connectivity index (χ4n) is 4.23. The summed E-state index contributed by atoms with van der Waals surface area (Å²) >= 11 is 17.3. The van der Waals surface area contributed by atoms with Crippen LogP contribution in [0.1, 0.15) is 37.2 Å². The molecular weight excluding hydrogens is 587 g/mol. The Bertz CT molecular complexity index is 1200. The molecular formula is C20H14Br3ClN4O. The molecule has 29 heavy (non-hydrogen) atoms. The van der Waals surface area contributed by atoms with Crippen LogP contribution in [-0.2, 0) is 15.7 Å². The van der Waals surface area contributed by atoms with Crippen LogP contribution in [0.5, 0.6) is 0 Å². The molecule has 1 aromatic carbocycles. The molecule has 0 radical (unpaired) electrons. The third kappa shape index (κ3) is 2.72. The Kier molecular flexibility index (Phi) is 4.35. The van der Waals surface area contributed by atoms with Crippen molar-refractivity contribution in [2.75, 3.05) is 0 Å². The fourth-order valence-corrected chi connectivity index (χ4v) is 6.37. The van der Waals surface area contributed by atoms with E-state index in [1.54, 1.807) is 11.1 Å². The lowest BCUT2D eigenvalue weighted by atomic mass is 9.74. The van der Waals surface area contributed by atoms with Gasteiger partial charge in [-0.15, -0.1) is 0 Å². The number of rotatable bonds is 0. The number of halogens is 4.